The lowest BCUT2D eigenvalue weighted by Gasteiger charge is -2.08. The quantitative estimate of drug-likeness (QED) is 0.569. The van der Waals surface area contributed by atoms with Gasteiger partial charge in [-0.05, 0) is 6.26 Å². The number of amides is 1. The maximum atomic E-state index is 10.8. The van der Waals surface area contributed by atoms with E-state index in [2.05, 4.69) is 4.72 Å². The Morgan fingerprint density at radius 2 is 2.22 bits per heavy atom. The SMILES string of the molecule is CSNCC(=O)N(C)C. The molecule has 1 amide bonds. The Kier molecular flexibility index (Phi) is 4.53. The van der Waals surface area contributed by atoms with Gasteiger partial charge in [0.05, 0.1) is 6.54 Å². The largest absolute Gasteiger partial charge is 0.348 e. The molecule has 3 nitrogen and oxygen atoms in total. The third-order valence-corrected chi connectivity index (χ3v) is 1.30. The Morgan fingerprint density at radius 3 is 2.56 bits per heavy atom. The highest BCUT2D eigenvalue weighted by Crippen LogP contribution is 1.82. The van der Waals surface area contributed by atoms with Crippen molar-refractivity contribution in [3.05, 3.63) is 0 Å². The predicted molar refractivity (Wildman–Crippen MR) is 40.2 cm³/mol. The molecule has 0 saturated heterocycles. The summed E-state index contributed by atoms with van der Waals surface area (Å²) in [5, 5.41) is 0. The van der Waals surface area contributed by atoms with E-state index in [1.54, 1.807) is 19.0 Å². The third kappa shape index (κ3) is 4.29. The lowest BCUT2D eigenvalue weighted by Crippen LogP contribution is -2.29. The van der Waals surface area contributed by atoms with E-state index in [1.165, 1.54) is 11.9 Å². The van der Waals surface area contributed by atoms with Crippen LogP contribution in [0.25, 0.3) is 0 Å². The fourth-order valence-corrected chi connectivity index (χ4v) is 0.560. The van der Waals surface area contributed by atoms with Gasteiger partial charge in [0, 0.05) is 14.1 Å². The number of hydrogen-bond donors (Lipinski definition) is 1. The lowest BCUT2D eigenvalue weighted by molar-refractivity contribution is -0.127. The highest BCUT2D eigenvalue weighted by molar-refractivity contribution is 7.96. The summed E-state index contributed by atoms with van der Waals surface area (Å²) in [4.78, 5) is 12.3. The van der Waals surface area contributed by atoms with Crippen LogP contribution in [0.5, 0.6) is 0 Å². The van der Waals surface area contributed by atoms with Crippen molar-refractivity contribution in [1.82, 2.24) is 9.62 Å². The number of nitrogens with zero attached hydrogens (tertiary/aromatic N) is 1. The van der Waals surface area contributed by atoms with Crippen molar-refractivity contribution in [2.75, 3.05) is 26.9 Å². The molecule has 0 aromatic carbocycles. The topological polar surface area (TPSA) is 32.3 Å². The summed E-state index contributed by atoms with van der Waals surface area (Å²) in [5.41, 5.74) is 0. The summed E-state index contributed by atoms with van der Waals surface area (Å²) in [6, 6.07) is 0. The van der Waals surface area contributed by atoms with Crippen LogP contribution < -0.4 is 4.72 Å². The van der Waals surface area contributed by atoms with Gasteiger partial charge in [0.1, 0.15) is 0 Å². The second-order valence-corrected chi connectivity index (χ2v) is 2.51. The van der Waals surface area contributed by atoms with E-state index in [0.717, 1.165) is 0 Å². The van der Waals surface area contributed by atoms with E-state index in [1.807, 2.05) is 6.26 Å². The molecule has 4 heteroatoms. The molecule has 0 aromatic rings. The summed E-state index contributed by atoms with van der Waals surface area (Å²) in [7, 11) is 3.48. The number of carbonyl (C=O) groups is 1. The van der Waals surface area contributed by atoms with Crippen molar-refractivity contribution in [2.24, 2.45) is 0 Å². The van der Waals surface area contributed by atoms with E-state index in [9.17, 15) is 4.79 Å². The summed E-state index contributed by atoms with van der Waals surface area (Å²) >= 11 is 1.45. The summed E-state index contributed by atoms with van der Waals surface area (Å²) < 4.78 is 2.85. The van der Waals surface area contributed by atoms with E-state index < -0.39 is 0 Å². The van der Waals surface area contributed by atoms with E-state index >= 15 is 0 Å². The first-order valence-electron chi connectivity index (χ1n) is 2.64. The van der Waals surface area contributed by atoms with E-state index in [0.29, 0.717) is 6.54 Å². The molecule has 0 rings (SSSR count). The van der Waals surface area contributed by atoms with Crippen molar-refractivity contribution in [3.8, 4) is 0 Å². The molecular formula is C5H12N2OS. The minimum atomic E-state index is 0.101. The standard InChI is InChI=1S/C5H12N2OS/c1-7(2)5(8)4-6-9-3/h6H,4H2,1-3H3. The molecular weight excluding hydrogens is 136 g/mol. The van der Waals surface area contributed by atoms with Crippen molar-refractivity contribution in [1.29, 1.82) is 0 Å². The van der Waals surface area contributed by atoms with Crippen LogP contribution in [0.1, 0.15) is 0 Å². The van der Waals surface area contributed by atoms with Crippen LogP contribution in [-0.2, 0) is 4.79 Å². The molecule has 0 atom stereocenters. The van der Waals surface area contributed by atoms with Gasteiger partial charge in [-0.1, -0.05) is 11.9 Å². The fourth-order valence-electron chi connectivity index (χ4n) is 0.292. The van der Waals surface area contributed by atoms with Crippen LogP contribution in [0, 0.1) is 0 Å². The normalized spacial score (nSPS) is 9.22. The van der Waals surface area contributed by atoms with E-state index in [4.69, 9.17) is 0 Å². The Balaban J connectivity index is 3.28. The van der Waals surface area contributed by atoms with Crippen molar-refractivity contribution in [2.45, 2.75) is 0 Å². The maximum Gasteiger partial charge on any atom is 0.236 e. The fraction of sp³-hybridized carbons (Fsp3) is 0.800. The van der Waals surface area contributed by atoms with Gasteiger partial charge in [-0.15, -0.1) is 0 Å². The van der Waals surface area contributed by atoms with Gasteiger partial charge in [-0.2, -0.15) is 0 Å². The molecule has 1 N–H and O–H groups in total. The van der Waals surface area contributed by atoms with Gasteiger partial charge >= 0.3 is 0 Å². The molecule has 54 valence electrons. The zero-order chi connectivity index (χ0) is 7.28. The Morgan fingerprint density at radius 1 is 1.67 bits per heavy atom. The molecule has 0 aliphatic heterocycles. The molecule has 0 heterocycles. The zero-order valence-corrected chi connectivity index (χ0v) is 6.79. The molecule has 0 radical (unpaired) electrons. The highest BCUT2D eigenvalue weighted by atomic mass is 32.2. The Hall–Kier alpha value is -0.220. The van der Waals surface area contributed by atoms with Gasteiger partial charge in [0.25, 0.3) is 0 Å². The minimum Gasteiger partial charge on any atom is -0.348 e. The van der Waals surface area contributed by atoms with Gasteiger partial charge in [-0.3, -0.25) is 9.52 Å². The predicted octanol–water partition coefficient (Wildman–Crippen LogP) is -0.0578. The Bertz CT molecular complexity index is 95.0. The second kappa shape index (κ2) is 4.64. The van der Waals surface area contributed by atoms with Crippen LogP contribution in [-0.4, -0.2) is 37.7 Å². The summed E-state index contributed by atoms with van der Waals surface area (Å²) in [6.07, 6.45) is 1.89. The average molecular weight is 148 g/mol. The monoisotopic (exact) mass is 148 g/mol. The average Bonchev–Trinajstić information content (AvgIpc) is 1.82. The van der Waals surface area contributed by atoms with Crippen LogP contribution in [0.2, 0.25) is 0 Å². The van der Waals surface area contributed by atoms with Crippen LogP contribution in [0.4, 0.5) is 0 Å². The van der Waals surface area contributed by atoms with Gasteiger partial charge in [0.15, 0.2) is 0 Å². The van der Waals surface area contributed by atoms with Crippen molar-refractivity contribution in [3.63, 3.8) is 0 Å². The third-order valence-electron chi connectivity index (χ3n) is 0.867. The maximum absolute atomic E-state index is 10.8. The molecule has 0 aliphatic carbocycles. The van der Waals surface area contributed by atoms with Crippen molar-refractivity contribution < 1.29 is 4.79 Å². The first-order chi connectivity index (χ1) is 4.18. The molecule has 0 spiro atoms. The number of nitrogens with one attached hydrogen (secondary N) is 1. The first-order valence-corrected chi connectivity index (χ1v) is 3.87. The van der Waals surface area contributed by atoms with Gasteiger partial charge < -0.3 is 4.90 Å². The van der Waals surface area contributed by atoms with Crippen LogP contribution in [0.3, 0.4) is 0 Å². The zero-order valence-electron chi connectivity index (χ0n) is 5.97. The number of carbonyl (C=O) groups excluding carboxylic acids is 1. The molecule has 0 saturated carbocycles. The summed E-state index contributed by atoms with van der Waals surface area (Å²) in [5.74, 6) is 0.101. The smallest absolute Gasteiger partial charge is 0.236 e. The van der Waals surface area contributed by atoms with E-state index in [-0.39, 0.29) is 5.91 Å². The highest BCUT2D eigenvalue weighted by Gasteiger charge is 1.99. The minimum absolute atomic E-state index is 0.101. The van der Waals surface area contributed by atoms with Gasteiger partial charge in [0.2, 0.25) is 5.91 Å². The molecule has 0 unspecified atom stereocenters. The molecule has 0 aromatic heterocycles. The number of rotatable bonds is 3. The molecule has 9 heavy (non-hydrogen) atoms. The Labute approximate surface area is 59.9 Å². The molecule has 0 bridgehead atoms. The summed E-state index contributed by atoms with van der Waals surface area (Å²) in [6.45, 7) is 0.411. The van der Waals surface area contributed by atoms with Gasteiger partial charge in [-0.25, -0.2) is 0 Å². The van der Waals surface area contributed by atoms with Crippen molar-refractivity contribution >= 4 is 17.9 Å². The molecule has 0 aliphatic rings. The van der Waals surface area contributed by atoms with Crippen LogP contribution in [0.15, 0.2) is 0 Å². The number of likely N-dealkylation sites (N-methyl/N-ethyl adjacent to an activating group) is 1. The first kappa shape index (κ1) is 8.78. The lowest BCUT2D eigenvalue weighted by atomic mass is 10.6. The molecule has 0 fully saturated rings. The van der Waals surface area contributed by atoms with Crippen LogP contribution >= 0.6 is 11.9 Å². The second-order valence-electron chi connectivity index (χ2n) is 1.81. The number of hydrogen-bond acceptors (Lipinski definition) is 3.